The van der Waals surface area contributed by atoms with Crippen LogP contribution in [-0.4, -0.2) is 16.9 Å². The molecule has 82 valence electrons. The minimum absolute atomic E-state index is 0.0420. The summed E-state index contributed by atoms with van der Waals surface area (Å²) in [6, 6.07) is 2.07. The lowest BCUT2D eigenvalue weighted by Crippen LogP contribution is -2.02. The number of halogens is 3. The van der Waals surface area contributed by atoms with Gasteiger partial charge in [0.15, 0.2) is 5.75 Å². The van der Waals surface area contributed by atoms with E-state index in [0.29, 0.717) is 5.33 Å². The number of hydrogen-bond acceptors (Lipinski definition) is 3. The van der Waals surface area contributed by atoms with Gasteiger partial charge < -0.3 is 4.74 Å². The fourth-order valence-electron chi connectivity index (χ4n) is 0.925. The van der Waals surface area contributed by atoms with Crippen molar-refractivity contribution < 1.29 is 14.1 Å². The number of nitrogens with zero attached hydrogens (tertiary/aromatic N) is 1. The van der Waals surface area contributed by atoms with E-state index in [1.807, 2.05) is 0 Å². The molecule has 0 aliphatic carbocycles. The lowest BCUT2D eigenvalue weighted by molar-refractivity contribution is -0.386. The molecule has 0 aromatic heterocycles. The van der Waals surface area contributed by atoms with Crippen molar-refractivity contribution in [2.24, 2.45) is 0 Å². The summed E-state index contributed by atoms with van der Waals surface area (Å²) in [5, 5.41) is 11.1. The van der Waals surface area contributed by atoms with Crippen LogP contribution in [0.25, 0.3) is 0 Å². The predicted octanol–water partition coefficient (Wildman–Crippen LogP) is 3.27. The Morgan fingerprint density at radius 3 is 2.73 bits per heavy atom. The molecular weight excluding hydrogens is 337 g/mol. The van der Waals surface area contributed by atoms with Gasteiger partial charge in [0.05, 0.1) is 16.0 Å². The fraction of sp³-hybridized carbons (Fsp3) is 0.250. The van der Waals surface area contributed by atoms with Gasteiger partial charge in [0, 0.05) is 17.5 Å². The molecule has 1 aromatic carbocycles. The molecule has 1 aromatic rings. The molecule has 0 aliphatic rings. The predicted molar refractivity (Wildman–Crippen MR) is 60.0 cm³/mol. The Bertz CT molecular complexity index is 386. The largest absolute Gasteiger partial charge is 0.486 e. The maximum absolute atomic E-state index is 13.1. The number of alkyl halides is 1. The minimum Gasteiger partial charge on any atom is -0.486 e. The first-order valence-corrected chi connectivity index (χ1v) is 5.80. The lowest BCUT2D eigenvalue weighted by atomic mass is 10.3. The Labute approximate surface area is 102 Å². The SMILES string of the molecule is O=[N+]([O-])c1cc(Br)c(F)cc1OCCBr. The topological polar surface area (TPSA) is 52.4 Å². The minimum atomic E-state index is -0.617. The second kappa shape index (κ2) is 5.41. The van der Waals surface area contributed by atoms with Crippen molar-refractivity contribution >= 4 is 37.5 Å². The van der Waals surface area contributed by atoms with E-state index in [2.05, 4.69) is 31.9 Å². The second-order valence-corrected chi connectivity index (χ2v) is 4.18. The molecule has 7 heteroatoms. The Morgan fingerprint density at radius 2 is 2.20 bits per heavy atom. The van der Waals surface area contributed by atoms with Crippen molar-refractivity contribution in [2.45, 2.75) is 0 Å². The first-order valence-electron chi connectivity index (χ1n) is 3.88. The Hall–Kier alpha value is -0.690. The molecule has 0 radical (unpaired) electrons. The van der Waals surface area contributed by atoms with Gasteiger partial charge in [-0.3, -0.25) is 10.1 Å². The zero-order valence-corrected chi connectivity index (χ0v) is 10.5. The molecule has 0 spiro atoms. The van der Waals surface area contributed by atoms with Crippen LogP contribution in [0.3, 0.4) is 0 Å². The van der Waals surface area contributed by atoms with E-state index in [0.717, 1.165) is 12.1 Å². The first-order chi connectivity index (χ1) is 7.06. The van der Waals surface area contributed by atoms with E-state index in [-0.39, 0.29) is 22.5 Å². The van der Waals surface area contributed by atoms with E-state index >= 15 is 0 Å². The van der Waals surface area contributed by atoms with Crippen LogP contribution in [0.1, 0.15) is 0 Å². The molecule has 0 atom stereocenters. The van der Waals surface area contributed by atoms with E-state index in [1.54, 1.807) is 0 Å². The first kappa shape index (κ1) is 12.4. The van der Waals surface area contributed by atoms with Crippen molar-refractivity contribution in [1.82, 2.24) is 0 Å². The summed E-state index contributed by atoms with van der Waals surface area (Å²) in [4.78, 5) is 10.0. The number of benzene rings is 1. The average Bonchev–Trinajstić information content (AvgIpc) is 2.19. The summed E-state index contributed by atoms with van der Waals surface area (Å²) >= 11 is 5.98. The van der Waals surface area contributed by atoms with Gasteiger partial charge in [-0.2, -0.15) is 0 Å². The van der Waals surface area contributed by atoms with Crippen molar-refractivity contribution in [3.8, 4) is 5.75 Å². The van der Waals surface area contributed by atoms with Crippen LogP contribution < -0.4 is 4.74 Å². The zero-order valence-electron chi connectivity index (χ0n) is 7.37. The Morgan fingerprint density at radius 1 is 1.53 bits per heavy atom. The van der Waals surface area contributed by atoms with E-state index in [4.69, 9.17) is 4.74 Å². The number of nitro groups is 1. The summed E-state index contributed by atoms with van der Waals surface area (Å²) in [5.41, 5.74) is -0.260. The van der Waals surface area contributed by atoms with Crippen molar-refractivity contribution in [2.75, 3.05) is 11.9 Å². The second-order valence-electron chi connectivity index (χ2n) is 2.53. The summed E-state index contributed by atoms with van der Waals surface area (Å²) in [5.74, 6) is -0.662. The summed E-state index contributed by atoms with van der Waals surface area (Å²) in [6.07, 6.45) is 0. The number of ether oxygens (including phenoxy) is 1. The normalized spacial score (nSPS) is 10.1. The highest BCUT2D eigenvalue weighted by Gasteiger charge is 2.18. The summed E-state index contributed by atoms with van der Waals surface area (Å²) in [6.45, 7) is 0.238. The molecule has 0 saturated carbocycles. The third-order valence-corrected chi connectivity index (χ3v) is 2.46. The molecule has 4 nitrogen and oxygen atoms in total. The van der Waals surface area contributed by atoms with E-state index in [9.17, 15) is 14.5 Å². The number of rotatable bonds is 4. The maximum atomic E-state index is 13.1. The number of hydrogen-bond donors (Lipinski definition) is 0. The summed E-state index contributed by atoms with van der Waals surface area (Å²) in [7, 11) is 0. The third-order valence-electron chi connectivity index (χ3n) is 1.53. The Kier molecular flexibility index (Phi) is 4.46. The smallest absolute Gasteiger partial charge is 0.312 e. The maximum Gasteiger partial charge on any atom is 0.312 e. The monoisotopic (exact) mass is 341 g/mol. The average molecular weight is 343 g/mol. The molecule has 15 heavy (non-hydrogen) atoms. The van der Waals surface area contributed by atoms with Crippen LogP contribution in [0.15, 0.2) is 16.6 Å². The van der Waals surface area contributed by atoms with Crippen LogP contribution in [0.2, 0.25) is 0 Å². The van der Waals surface area contributed by atoms with Gasteiger partial charge in [0.25, 0.3) is 0 Å². The van der Waals surface area contributed by atoms with Gasteiger partial charge in [-0.1, -0.05) is 15.9 Å². The molecule has 0 amide bonds. The quantitative estimate of drug-likeness (QED) is 0.479. The van der Waals surface area contributed by atoms with Crippen LogP contribution >= 0.6 is 31.9 Å². The summed E-state index contributed by atoms with van der Waals surface area (Å²) < 4.78 is 18.2. The Balaban J connectivity index is 3.10. The molecule has 0 N–H and O–H groups in total. The van der Waals surface area contributed by atoms with E-state index < -0.39 is 10.7 Å². The van der Waals surface area contributed by atoms with Gasteiger partial charge in [0.2, 0.25) is 0 Å². The van der Waals surface area contributed by atoms with Crippen molar-refractivity contribution in [3.05, 3.63) is 32.5 Å². The van der Waals surface area contributed by atoms with Crippen LogP contribution in [-0.2, 0) is 0 Å². The standard InChI is InChI=1S/C8H6Br2FNO3/c9-1-2-15-8-4-6(11)5(10)3-7(8)12(13)14/h3-4H,1-2H2. The van der Waals surface area contributed by atoms with Crippen LogP contribution in [0.5, 0.6) is 5.75 Å². The molecule has 0 bridgehead atoms. The fourth-order valence-corrected chi connectivity index (χ4v) is 1.42. The molecule has 0 unspecified atom stereocenters. The molecule has 0 fully saturated rings. The highest BCUT2D eigenvalue weighted by Crippen LogP contribution is 2.32. The number of nitro benzene ring substituents is 1. The highest BCUT2D eigenvalue weighted by atomic mass is 79.9. The molecule has 0 aliphatic heterocycles. The highest BCUT2D eigenvalue weighted by molar-refractivity contribution is 9.10. The lowest BCUT2D eigenvalue weighted by Gasteiger charge is -2.05. The van der Waals surface area contributed by atoms with Crippen molar-refractivity contribution in [1.29, 1.82) is 0 Å². The van der Waals surface area contributed by atoms with Crippen LogP contribution in [0, 0.1) is 15.9 Å². The van der Waals surface area contributed by atoms with Crippen LogP contribution in [0.4, 0.5) is 10.1 Å². The molecule has 0 heterocycles. The van der Waals surface area contributed by atoms with Gasteiger partial charge in [-0.05, 0) is 15.9 Å². The molecule has 0 saturated heterocycles. The molecular formula is C8H6Br2FNO3. The van der Waals surface area contributed by atoms with Gasteiger partial charge in [-0.25, -0.2) is 4.39 Å². The van der Waals surface area contributed by atoms with Gasteiger partial charge >= 0.3 is 5.69 Å². The van der Waals surface area contributed by atoms with E-state index in [1.165, 1.54) is 0 Å². The van der Waals surface area contributed by atoms with Crippen molar-refractivity contribution in [3.63, 3.8) is 0 Å². The molecule has 1 rings (SSSR count). The third kappa shape index (κ3) is 3.13. The van der Waals surface area contributed by atoms with Gasteiger partial charge in [0.1, 0.15) is 5.82 Å². The van der Waals surface area contributed by atoms with Gasteiger partial charge in [-0.15, -0.1) is 0 Å². The zero-order chi connectivity index (χ0) is 11.4.